The fourth-order valence-corrected chi connectivity index (χ4v) is 7.33. The molecular formula is C46H71N3O7. The van der Waals surface area contributed by atoms with Crippen molar-refractivity contribution < 1.29 is 34.0 Å². The fourth-order valence-electron chi connectivity index (χ4n) is 7.33. The van der Waals surface area contributed by atoms with Crippen molar-refractivity contribution in [3.05, 3.63) is 107 Å². The topological polar surface area (TPSA) is 136 Å². The van der Waals surface area contributed by atoms with E-state index in [1.807, 2.05) is 127 Å². The van der Waals surface area contributed by atoms with Gasteiger partial charge in [0, 0.05) is 24.0 Å². The molecule has 0 aromatic carbocycles. The van der Waals surface area contributed by atoms with Crippen LogP contribution in [-0.4, -0.2) is 102 Å². The zero-order valence-electron chi connectivity index (χ0n) is 35.7. The third-order valence-corrected chi connectivity index (χ3v) is 10.2. The Bertz CT molecular complexity index is 1550. The Labute approximate surface area is 337 Å². The van der Waals surface area contributed by atoms with Gasteiger partial charge in [-0.05, 0) is 74.4 Å². The van der Waals surface area contributed by atoms with Gasteiger partial charge in [-0.3, -0.25) is 4.79 Å². The highest BCUT2D eigenvalue weighted by molar-refractivity contribution is 5.94. The van der Waals surface area contributed by atoms with Crippen LogP contribution in [0.1, 0.15) is 81.6 Å². The summed E-state index contributed by atoms with van der Waals surface area (Å²) in [4.78, 5) is 15.2. The van der Waals surface area contributed by atoms with Gasteiger partial charge in [0.1, 0.15) is 12.2 Å². The van der Waals surface area contributed by atoms with E-state index in [1.54, 1.807) is 6.92 Å². The summed E-state index contributed by atoms with van der Waals surface area (Å²) in [6.45, 7) is 18.1. The van der Waals surface area contributed by atoms with Crippen LogP contribution in [-0.2, 0) is 23.7 Å². The third kappa shape index (κ3) is 15.3. The van der Waals surface area contributed by atoms with Crippen molar-refractivity contribution in [2.45, 2.75) is 142 Å². The van der Waals surface area contributed by atoms with Crippen LogP contribution in [0.4, 0.5) is 0 Å². The second kappa shape index (κ2) is 22.7. The van der Waals surface area contributed by atoms with E-state index in [2.05, 4.69) is 38.2 Å². The van der Waals surface area contributed by atoms with Crippen LogP contribution in [0.3, 0.4) is 0 Å². The predicted octanol–water partition coefficient (Wildman–Crippen LogP) is 6.75. The standard InChI is InChI=1S/C46H71N3O7/c1-30(2)26-37-27-33(5)19-13-12-14-22-34(6)38(23-16-15-18-31(3)20-17-21-32(4)24-25-35(7)48-44(37)51)56-45-41(47)42(50)39(29-53-45)55-40-28-46(9,52)43(49(10)11)36(8)54-40/h12-24,27,30,34-36,38-43,45,50,52H,25-26,28-29,47H2,1-11H3,(H,48,51)/b13-12+,18-15+,21-17+,22-14+,23-16-,31-20-,32-24-,33-19-,37-27-/t34-,35-,36+,38-,39+,40-,41+,42-,43+,45+,46+/m0/s1. The number of nitrogens with one attached hydrogen (secondary N) is 1. The number of carbonyl (C=O) groups is 1. The van der Waals surface area contributed by atoms with Gasteiger partial charge in [-0.2, -0.15) is 0 Å². The van der Waals surface area contributed by atoms with Crippen molar-refractivity contribution in [1.29, 1.82) is 0 Å². The van der Waals surface area contributed by atoms with Crippen LogP contribution in [0.2, 0.25) is 0 Å². The molecule has 0 saturated carbocycles. The lowest BCUT2D eigenvalue weighted by molar-refractivity contribution is -0.307. The highest BCUT2D eigenvalue weighted by Gasteiger charge is 2.48. The molecule has 3 rings (SSSR count). The Morgan fingerprint density at radius 2 is 1.64 bits per heavy atom. The molecule has 0 aliphatic carbocycles. The molecule has 0 spiro atoms. The molecule has 56 heavy (non-hydrogen) atoms. The summed E-state index contributed by atoms with van der Waals surface area (Å²) in [5.74, 6) is 0.213. The summed E-state index contributed by atoms with van der Waals surface area (Å²) in [6.07, 6.45) is 25.5. The summed E-state index contributed by atoms with van der Waals surface area (Å²) < 4.78 is 24.8. The second-order valence-corrected chi connectivity index (χ2v) is 16.7. The minimum Gasteiger partial charge on any atom is -0.388 e. The molecular weight excluding hydrogens is 707 g/mol. The van der Waals surface area contributed by atoms with Crippen molar-refractivity contribution in [3.63, 3.8) is 0 Å². The zero-order chi connectivity index (χ0) is 41.6. The molecule has 3 heterocycles. The van der Waals surface area contributed by atoms with Crippen molar-refractivity contribution in [3.8, 4) is 0 Å². The average molecular weight is 778 g/mol. The minimum absolute atomic E-state index is 0.00120. The van der Waals surface area contributed by atoms with Crippen LogP contribution >= 0.6 is 0 Å². The molecule has 0 aromatic heterocycles. The predicted molar refractivity (Wildman–Crippen MR) is 226 cm³/mol. The van der Waals surface area contributed by atoms with E-state index in [0.717, 1.165) is 28.7 Å². The Morgan fingerprint density at radius 1 is 0.964 bits per heavy atom. The van der Waals surface area contributed by atoms with Crippen LogP contribution in [0.25, 0.3) is 0 Å². The molecule has 10 heteroatoms. The number of nitrogens with two attached hydrogens (primary N) is 1. The van der Waals surface area contributed by atoms with Gasteiger partial charge in [-0.1, -0.05) is 123 Å². The van der Waals surface area contributed by atoms with E-state index in [-0.39, 0.29) is 43.0 Å². The van der Waals surface area contributed by atoms with Gasteiger partial charge in [-0.25, -0.2) is 0 Å². The van der Waals surface area contributed by atoms with E-state index in [1.165, 1.54) is 0 Å². The fraction of sp³-hybridized carbons (Fsp3) is 0.587. The summed E-state index contributed by atoms with van der Waals surface area (Å²) in [5, 5.41) is 25.7. The number of likely N-dealkylation sites (N-methyl/N-ethyl adjacent to an activating group) is 1. The monoisotopic (exact) mass is 778 g/mol. The smallest absolute Gasteiger partial charge is 0.247 e. The number of amides is 1. The minimum atomic E-state index is -1.09. The molecule has 0 bridgehead atoms. The highest BCUT2D eigenvalue weighted by atomic mass is 16.7. The first-order chi connectivity index (χ1) is 26.4. The molecule has 5 N–H and O–H groups in total. The summed E-state index contributed by atoms with van der Waals surface area (Å²) in [7, 11) is 3.82. The Hall–Kier alpha value is -3.19. The average Bonchev–Trinajstić information content (AvgIpc) is 3.09. The maximum atomic E-state index is 13.3. The molecule has 2 fully saturated rings. The number of aliphatic hydroxyl groups excluding tert-OH is 1. The van der Waals surface area contributed by atoms with E-state index >= 15 is 0 Å². The number of aliphatic hydroxyl groups is 2. The number of hydrogen-bond acceptors (Lipinski definition) is 9. The molecule has 0 radical (unpaired) electrons. The first-order valence-electron chi connectivity index (χ1n) is 20.2. The lowest BCUT2D eigenvalue weighted by Gasteiger charge is -2.48. The lowest BCUT2D eigenvalue weighted by atomic mass is 9.85. The van der Waals surface area contributed by atoms with Crippen LogP contribution in [0.5, 0.6) is 0 Å². The van der Waals surface area contributed by atoms with Crippen LogP contribution in [0, 0.1) is 11.8 Å². The Kier molecular flexibility index (Phi) is 19.1. The zero-order valence-corrected chi connectivity index (χ0v) is 35.7. The summed E-state index contributed by atoms with van der Waals surface area (Å²) >= 11 is 0. The number of ether oxygens (including phenoxy) is 4. The second-order valence-electron chi connectivity index (χ2n) is 16.7. The van der Waals surface area contributed by atoms with Crippen LogP contribution < -0.4 is 11.1 Å². The molecule has 3 aliphatic rings. The molecule has 0 aromatic rings. The normalized spacial score (nSPS) is 41.3. The Morgan fingerprint density at radius 3 is 2.32 bits per heavy atom. The largest absolute Gasteiger partial charge is 0.388 e. The van der Waals surface area contributed by atoms with Crippen molar-refractivity contribution in [2.75, 3.05) is 20.7 Å². The maximum Gasteiger partial charge on any atom is 0.247 e. The van der Waals surface area contributed by atoms with Crippen molar-refractivity contribution in [2.24, 2.45) is 17.6 Å². The molecule has 10 nitrogen and oxygen atoms in total. The molecule has 1 amide bonds. The van der Waals surface area contributed by atoms with Gasteiger partial charge >= 0.3 is 0 Å². The molecule has 11 atom stereocenters. The van der Waals surface area contributed by atoms with Gasteiger partial charge in [0.05, 0.1) is 36.5 Å². The summed E-state index contributed by atoms with van der Waals surface area (Å²) in [6, 6.07) is -1.10. The number of hydrogen-bond donors (Lipinski definition) is 4. The van der Waals surface area contributed by atoms with E-state index < -0.39 is 42.5 Å². The van der Waals surface area contributed by atoms with Gasteiger partial charge in [0.15, 0.2) is 12.6 Å². The maximum absolute atomic E-state index is 13.3. The third-order valence-electron chi connectivity index (χ3n) is 10.2. The number of nitrogens with zero attached hydrogens (tertiary/aromatic N) is 1. The quantitative estimate of drug-likeness (QED) is 0.221. The van der Waals surface area contributed by atoms with Gasteiger partial charge in [0.25, 0.3) is 0 Å². The highest BCUT2D eigenvalue weighted by Crippen LogP contribution is 2.34. The number of carbonyl (C=O) groups excluding carboxylic acids is 1. The van der Waals surface area contributed by atoms with Crippen molar-refractivity contribution in [1.82, 2.24) is 10.2 Å². The molecule has 3 aliphatic heterocycles. The van der Waals surface area contributed by atoms with Gasteiger partial charge in [-0.15, -0.1) is 0 Å². The van der Waals surface area contributed by atoms with E-state index in [4.69, 9.17) is 24.7 Å². The molecule has 312 valence electrons. The van der Waals surface area contributed by atoms with E-state index in [9.17, 15) is 15.0 Å². The molecule has 2 saturated heterocycles. The molecule has 0 unspecified atom stereocenters. The van der Waals surface area contributed by atoms with Gasteiger partial charge in [0.2, 0.25) is 5.91 Å². The Balaban J connectivity index is 1.81. The SMILES string of the molecule is CC1=C/C=C/C=C/[C@H](C)[C@@H](O[C@H]2OC[C@@H](O[C@H]3C[C@@](C)(O)[C@H](N(C)C)[C@@H](C)O3)[C@H](O)[C@H]2N)\C=C/C=C/C(C)=C\C=C\C(C)=C/C[C@H](C)NC(=O)/C(CC(C)C)=C\1. The lowest BCUT2D eigenvalue weighted by Crippen LogP contribution is -2.63. The first kappa shape index (κ1) is 47.2. The first-order valence-corrected chi connectivity index (χ1v) is 20.2. The number of allylic oxidation sites excluding steroid dienone is 14. The summed E-state index contributed by atoms with van der Waals surface area (Å²) in [5.41, 5.74) is 9.43. The van der Waals surface area contributed by atoms with Gasteiger partial charge < -0.3 is 45.1 Å². The number of rotatable bonds is 7. The van der Waals surface area contributed by atoms with E-state index in [0.29, 0.717) is 12.3 Å². The van der Waals surface area contributed by atoms with Crippen LogP contribution in [0.15, 0.2) is 107 Å². The van der Waals surface area contributed by atoms with Crippen molar-refractivity contribution >= 4 is 5.91 Å².